The van der Waals surface area contributed by atoms with E-state index in [1.807, 2.05) is 28.1 Å². The predicted octanol–water partition coefficient (Wildman–Crippen LogP) is 10.0. The van der Waals surface area contributed by atoms with Gasteiger partial charge in [0.05, 0.1) is 27.7 Å². The van der Waals surface area contributed by atoms with Gasteiger partial charge < -0.3 is 13.9 Å². The molecule has 0 bridgehead atoms. The van der Waals surface area contributed by atoms with E-state index < -0.39 is 7.60 Å². The molecule has 2 unspecified atom stereocenters. The zero-order chi connectivity index (χ0) is 26.3. The maximum Gasteiger partial charge on any atom is 0.385 e. The van der Waals surface area contributed by atoms with Crippen molar-refractivity contribution in [1.82, 2.24) is 0 Å². The molecule has 0 aromatic carbocycles. The Morgan fingerprint density at radius 3 is 1.40 bits per heavy atom. The Hall–Kier alpha value is -0.150. The second-order valence-electron chi connectivity index (χ2n) is 11.5. The van der Waals surface area contributed by atoms with Gasteiger partial charge >= 0.3 is 7.60 Å². The minimum Gasteiger partial charge on any atom is -0.320 e. The first-order chi connectivity index (χ1) is 16.8. The van der Waals surface area contributed by atoms with Gasteiger partial charge in [-0.3, -0.25) is 4.57 Å². The van der Waals surface area contributed by atoms with Gasteiger partial charge in [0.2, 0.25) is 0 Å². The van der Waals surface area contributed by atoms with Crippen molar-refractivity contribution in [2.24, 2.45) is 0 Å². The van der Waals surface area contributed by atoms with E-state index in [1.165, 1.54) is 103 Å². The van der Waals surface area contributed by atoms with Crippen molar-refractivity contribution in [2.45, 2.75) is 154 Å². The number of allylic oxidation sites excluding steroid dienone is 2. The molecule has 0 heterocycles. The van der Waals surface area contributed by atoms with Gasteiger partial charge in [-0.2, -0.15) is 0 Å². The summed E-state index contributed by atoms with van der Waals surface area (Å²) in [6.07, 6.45) is 31.9. The molecule has 35 heavy (non-hydrogen) atoms. The van der Waals surface area contributed by atoms with Crippen molar-refractivity contribution in [3.8, 4) is 0 Å². The fraction of sp³-hybridized carbons (Fsp3) is 0.933. The third-order valence-corrected chi connectivity index (χ3v) is 9.43. The first-order valence-electron chi connectivity index (χ1n) is 15.2. The van der Waals surface area contributed by atoms with Gasteiger partial charge in [-0.1, -0.05) is 122 Å². The Labute approximate surface area is 220 Å². The molecule has 4 nitrogen and oxygen atoms in total. The second kappa shape index (κ2) is 23.0. The smallest absolute Gasteiger partial charge is 0.320 e. The molecule has 0 aliphatic rings. The molecule has 5 heteroatoms. The van der Waals surface area contributed by atoms with Crippen LogP contribution in [-0.2, 0) is 9.09 Å². The van der Waals surface area contributed by atoms with Crippen LogP contribution in [0.4, 0.5) is 0 Å². The first-order valence-corrected chi connectivity index (χ1v) is 16.8. The van der Waals surface area contributed by atoms with Crippen LogP contribution >= 0.6 is 7.60 Å². The molecule has 0 saturated heterocycles. The molecule has 2 atom stereocenters. The minimum absolute atomic E-state index is 0.354. The topological polar surface area (TPSA) is 46.5 Å². The average molecular weight is 517 g/mol. The van der Waals surface area contributed by atoms with Crippen molar-refractivity contribution in [3.05, 3.63) is 12.2 Å². The summed E-state index contributed by atoms with van der Waals surface area (Å²) in [5.74, 6) is -0.354. The zero-order valence-electron chi connectivity index (χ0n) is 24.4. The molecular weight excluding hydrogens is 453 g/mol. The Balaban J connectivity index is 3.41. The third kappa shape index (κ3) is 21.6. The van der Waals surface area contributed by atoms with Crippen LogP contribution in [0.3, 0.4) is 0 Å². The van der Waals surface area contributed by atoms with Gasteiger partial charge in [0.1, 0.15) is 0 Å². The van der Waals surface area contributed by atoms with Crippen LogP contribution in [0.1, 0.15) is 149 Å². The van der Waals surface area contributed by atoms with Crippen molar-refractivity contribution >= 4 is 7.60 Å². The summed E-state index contributed by atoms with van der Waals surface area (Å²) in [5.41, 5.74) is 0. The summed E-state index contributed by atoms with van der Waals surface area (Å²) in [6, 6.07) is 0. The lowest BCUT2D eigenvalue weighted by Gasteiger charge is -2.35. The van der Waals surface area contributed by atoms with Gasteiger partial charge in [-0.05, 0) is 32.1 Å². The lowest BCUT2D eigenvalue weighted by molar-refractivity contribution is -0.883. The molecule has 0 aromatic heterocycles. The SMILES string of the molecule is CCCCCCCCCCCCCCCCC=CCCCCCCOP(=O)(O)C(CC)[N+](C)(C)C. The molecular formula is C30H63NO3P+. The highest BCUT2D eigenvalue weighted by Gasteiger charge is 2.41. The van der Waals surface area contributed by atoms with E-state index in [1.54, 1.807) is 0 Å². The van der Waals surface area contributed by atoms with Crippen LogP contribution in [0, 0.1) is 0 Å². The Morgan fingerprint density at radius 1 is 0.657 bits per heavy atom. The fourth-order valence-electron chi connectivity index (χ4n) is 4.91. The molecule has 0 aliphatic carbocycles. The van der Waals surface area contributed by atoms with Crippen molar-refractivity contribution in [3.63, 3.8) is 0 Å². The van der Waals surface area contributed by atoms with E-state index in [2.05, 4.69) is 19.1 Å². The van der Waals surface area contributed by atoms with Crippen molar-refractivity contribution in [2.75, 3.05) is 27.7 Å². The van der Waals surface area contributed by atoms with Crippen LogP contribution in [0.5, 0.6) is 0 Å². The molecule has 0 rings (SSSR count). The highest BCUT2D eigenvalue weighted by atomic mass is 31.2. The molecule has 0 aromatic rings. The number of nitrogens with zero attached hydrogens (tertiary/aromatic N) is 1. The molecule has 0 aliphatic heterocycles. The van der Waals surface area contributed by atoms with Gasteiger partial charge in [0.25, 0.3) is 0 Å². The van der Waals surface area contributed by atoms with Gasteiger partial charge in [0, 0.05) is 6.42 Å². The first kappa shape index (κ1) is 34.9. The second-order valence-corrected chi connectivity index (χ2v) is 13.4. The summed E-state index contributed by atoms with van der Waals surface area (Å²) in [5, 5.41) is 0. The highest BCUT2D eigenvalue weighted by molar-refractivity contribution is 7.53. The number of hydrogen-bond acceptors (Lipinski definition) is 2. The lowest BCUT2D eigenvalue weighted by atomic mass is 10.0. The third-order valence-electron chi connectivity index (χ3n) is 7.07. The Kier molecular flexibility index (Phi) is 22.9. The molecule has 0 amide bonds. The Morgan fingerprint density at radius 2 is 1.03 bits per heavy atom. The molecule has 0 saturated carbocycles. The van der Waals surface area contributed by atoms with Crippen molar-refractivity contribution in [1.29, 1.82) is 0 Å². The number of rotatable bonds is 26. The maximum absolute atomic E-state index is 12.5. The number of quaternary nitrogens is 1. The standard InChI is InChI=1S/C30H62NO3P/c1-6-8-9-10-11-12-13-14-15-16-17-18-19-20-21-22-23-24-25-26-27-28-29-34-35(32,33)30(7-2)31(3,4)5/h22-23,30H,6-21,24-29H2,1-5H3/p+1. The van der Waals surface area contributed by atoms with E-state index in [-0.39, 0.29) is 5.78 Å². The van der Waals surface area contributed by atoms with Crippen LogP contribution in [0.2, 0.25) is 0 Å². The van der Waals surface area contributed by atoms with Crippen LogP contribution in [0.15, 0.2) is 12.2 Å². The van der Waals surface area contributed by atoms with Gasteiger partial charge in [0.15, 0.2) is 5.78 Å². The van der Waals surface area contributed by atoms with E-state index in [0.717, 1.165) is 25.7 Å². The summed E-state index contributed by atoms with van der Waals surface area (Å²) < 4.78 is 18.4. The minimum atomic E-state index is -3.56. The normalized spacial score (nSPS) is 15.0. The van der Waals surface area contributed by atoms with E-state index >= 15 is 0 Å². The van der Waals surface area contributed by atoms with Crippen LogP contribution in [0.25, 0.3) is 0 Å². The quantitative estimate of drug-likeness (QED) is 0.0538. The predicted molar refractivity (Wildman–Crippen MR) is 155 cm³/mol. The molecule has 0 radical (unpaired) electrons. The lowest BCUT2D eigenvalue weighted by Crippen LogP contribution is -2.44. The largest absolute Gasteiger partial charge is 0.385 e. The van der Waals surface area contributed by atoms with Gasteiger partial charge in [-0.15, -0.1) is 0 Å². The van der Waals surface area contributed by atoms with E-state index in [0.29, 0.717) is 17.5 Å². The molecule has 0 spiro atoms. The summed E-state index contributed by atoms with van der Waals surface area (Å²) >= 11 is 0. The number of hydrogen-bond donors (Lipinski definition) is 1. The summed E-state index contributed by atoms with van der Waals surface area (Å²) in [6.45, 7) is 4.63. The number of unbranched alkanes of at least 4 members (excludes halogenated alkanes) is 18. The molecule has 0 fully saturated rings. The molecule has 210 valence electrons. The average Bonchev–Trinajstić information content (AvgIpc) is 2.78. The van der Waals surface area contributed by atoms with Gasteiger partial charge in [-0.25, -0.2) is 0 Å². The Bertz CT molecular complexity index is 530. The fourth-order valence-corrected chi connectivity index (χ4v) is 6.81. The summed E-state index contributed by atoms with van der Waals surface area (Å²) in [4.78, 5) is 10.3. The zero-order valence-corrected chi connectivity index (χ0v) is 25.3. The maximum atomic E-state index is 12.5. The van der Waals surface area contributed by atoms with Crippen molar-refractivity contribution < 1.29 is 18.5 Å². The monoisotopic (exact) mass is 516 g/mol. The van der Waals surface area contributed by atoms with Crippen LogP contribution < -0.4 is 0 Å². The van der Waals surface area contributed by atoms with E-state index in [9.17, 15) is 9.46 Å². The van der Waals surface area contributed by atoms with Crippen LogP contribution in [-0.4, -0.2) is 42.9 Å². The summed E-state index contributed by atoms with van der Waals surface area (Å²) in [7, 11) is 2.29. The highest BCUT2D eigenvalue weighted by Crippen LogP contribution is 2.51. The molecule has 1 N–H and O–H groups in total. The van der Waals surface area contributed by atoms with E-state index in [4.69, 9.17) is 4.52 Å².